The number of rotatable bonds is 6. The van der Waals surface area contributed by atoms with Crippen LogP contribution in [0.4, 0.5) is 5.13 Å². The molecule has 2 aromatic carbocycles. The van der Waals surface area contributed by atoms with E-state index < -0.39 is 0 Å². The summed E-state index contributed by atoms with van der Waals surface area (Å²) in [6.45, 7) is 4.59. The molecule has 0 radical (unpaired) electrons. The van der Waals surface area contributed by atoms with Crippen LogP contribution in [0.5, 0.6) is 5.75 Å². The third-order valence-electron chi connectivity index (χ3n) is 3.69. The molecule has 0 saturated heterocycles. The normalized spacial score (nSPS) is 10.8. The van der Waals surface area contributed by atoms with Crippen LogP contribution in [0.15, 0.2) is 42.5 Å². The Morgan fingerprint density at radius 3 is 2.88 bits per heavy atom. The number of hydrogen-bond acceptors (Lipinski definition) is 4. The molecule has 0 spiro atoms. The fourth-order valence-electron chi connectivity index (χ4n) is 2.39. The number of thiazole rings is 1. The molecule has 0 unspecified atom stereocenters. The zero-order valence-electron chi connectivity index (χ0n) is 13.8. The maximum Gasteiger partial charge on any atom is 0.226 e. The topological polar surface area (TPSA) is 51.2 Å². The van der Waals surface area contributed by atoms with Gasteiger partial charge in [-0.25, -0.2) is 4.98 Å². The number of carbonyl (C=O) groups excluding carboxylic acids is 1. The van der Waals surface area contributed by atoms with Crippen LogP contribution >= 0.6 is 11.3 Å². The van der Waals surface area contributed by atoms with Crippen LogP contribution in [0.2, 0.25) is 0 Å². The Balaban J connectivity index is 1.46. The molecule has 3 rings (SSSR count). The monoisotopic (exact) mass is 340 g/mol. The van der Waals surface area contributed by atoms with Gasteiger partial charge < -0.3 is 10.1 Å². The summed E-state index contributed by atoms with van der Waals surface area (Å²) >= 11 is 1.49. The number of anilines is 1. The van der Waals surface area contributed by atoms with Crippen LogP contribution in [0, 0.1) is 13.8 Å². The minimum absolute atomic E-state index is 0.0291. The van der Waals surface area contributed by atoms with Crippen LogP contribution < -0.4 is 10.1 Å². The first-order valence-corrected chi connectivity index (χ1v) is 8.79. The average molecular weight is 340 g/mol. The zero-order chi connectivity index (χ0) is 16.9. The zero-order valence-corrected chi connectivity index (χ0v) is 14.7. The van der Waals surface area contributed by atoms with Gasteiger partial charge in [0.15, 0.2) is 5.13 Å². The number of nitrogens with zero attached hydrogens (tertiary/aromatic N) is 1. The number of aryl methyl sites for hydroxylation is 2. The summed E-state index contributed by atoms with van der Waals surface area (Å²) in [6, 6.07) is 14.0. The number of carbonyl (C=O) groups is 1. The highest BCUT2D eigenvalue weighted by Crippen LogP contribution is 2.25. The van der Waals surface area contributed by atoms with Gasteiger partial charge in [-0.15, -0.1) is 0 Å². The van der Waals surface area contributed by atoms with Crippen LogP contribution in [0.1, 0.15) is 24.0 Å². The van der Waals surface area contributed by atoms with Gasteiger partial charge in [0.05, 0.1) is 16.8 Å². The first kappa shape index (κ1) is 16.5. The predicted octanol–water partition coefficient (Wildman–Crippen LogP) is 4.71. The van der Waals surface area contributed by atoms with Crippen molar-refractivity contribution < 1.29 is 9.53 Å². The van der Waals surface area contributed by atoms with Crippen LogP contribution in [0.3, 0.4) is 0 Å². The van der Waals surface area contributed by atoms with E-state index in [1.54, 1.807) is 0 Å². The Hall–Kier alpha value is -2.40. The first-order valence-electron chi connectivity index (χ1n) is 7.97. The van der Waals surface area contributed by atoms with Crippen LogP contribution in [-0.4, -0.2) is 17.5 Å². The first-order chi connectivity index (χ1) is 11.6. The number of aromatic nitrogens is 1. The smallest absolute Gasteiger partial charge is 0.226 e. The van der Waals surface area contributed by atoms with Crippen molar-refractivity contribution in [3.8, 4) is 5.75 Å². The molecule has 124 valence electrons. The maximum absolute atomic E-state index is 12.0. The molecule has 1 amide bonds. The molecule has 0 bridgehead atoms. The highest BCUT2D eigenvalue weighted by Gasteiger charge is 2.08. The number of hydrogen-bond donors (Lipinski definition) is 1. The van der Waals surface area contributed by atoms with Gasteiger partial charge in [0.2, 0.25) is 5.91 Å². The summed E-state index contributed by atoms with van der Waals surface area (Å²) in [5.74, 6) is 0.861. The molecular formula is C19H20N2O2S. The molecule has 0 aliphatic heterocycles. The highest BCUT2D eigenvalue weighted by molar-refractivity contribution is 7.22. The van der Waals surface area contributed by atoms with Crippen LogP contribution in [0.25, 0.3) is 10.2 Å². The Morgan fingerprint density at radius 1 is 1.21 bits per heavy atom. The van der Waals surface area contributed by atoms with Crippen molar-refractivity contribution in [3.05, 3.63) is 53.6 Å². The van der Waals surface area contributed by atoms with Gasteiger partial charge in [-0.1, -0.05) is 35.6 Å². The third kappa shape index (κ3) is 4.11. The van der Waals surface area contributed by atoms with Gasteiger partial charge in [-0.3, -0.25) is 4.79 Å². The number of amides is 1. The fraction of sp³-hybridized carbons (Fsp3) is 0.263. The molecular weight excluding hydrogens is 320 g/mol. The molecule has 0 saturated carbocycles. The number of nitrogens with one attached hydrogen (secondary N) is 1. The van der Waals surface area contributed by atoms with Gasteiger partial charge in [0.1, 0.15) is 5.75 Å². The van der Waals surface area contributed by atoms with Crippen molar-refractivity contribution in [1.29, 1.82) is 0 Å². The van der Waals surface area contributed by atoms with Crippen molar-refractivity contribution in [2.45, 2.75) is 26.7 Å². The second-order valence-electron chi connectivity index (χ2n) is 5.76. The number of fused-ring (bicyclic) bond motifs is 1. The lowest BCUT2D eigenvalue weighted by atomic mass is 10.1. The molecule has 5 heteroatoms. The van der Waals surface area contributed by atoms with E-state index in [9.17, 15) is 4.79 Å². The minimum Gasteiger partial charge on any atom is -0.493 e. The van der Waals surface area contributed by atoms with Gasteiger partial charge >= 0.3 is 0 Å². The Kier molecular flexibility index (Phi) is 5.11. The number of ether oxygens (including phenoxy) is 1. The second-order valence-corrected chi connectivity index (χ2v) is 6.79. The minimum atomic E-state index is -0.0291. The SMILES string of the molecule is Cc1ccc(C)c(OCCCC(=O)Nc2nc3ccccc3s2)c1. The summed E-state index contributed by atoms with van der Waals surface area (Å²) in [5, 5.41) is 3.51. The second kappa shape index (κ2) is 7.45. The van der Waals surface area contributed by atoms with Crippen molar-refractivity contribution in [3.63, 3.8) is 0 Å². The summed E-state index contributed by atoms with van der Waals surface area (Å²) in [6.07, 6.45) is 1.09. The molecule has 1 heterocycles. The lowest BCUT2D eigenvalue weighted by molar-refractivity contribution is -0.116. The molecule has 4 nitrogen and oxygen atoms in total. The lowest BCUT2D eigenvalue weighted by Crippen LogP contribution is -2.12. The average Bonchev–Trinajstić information content (AvgIpc) is 2.96. The van der Waals surface area contributed by atoms with Crippen molar-refractivity contribution in [2.24, 2.45) is 0 Å². The van der Waals surface area contributed by atoms with E-state index in [-0.39, 0.29) is 5.91 Å². The van der Waals surface area contributed by atoms with Crippen LogP contribution in [-0.2, 0) is 4.79 Å². The quantitative estimate of drug-likeness (QED) is 0.661. The molecule has 3 aromatic rings. The molecule has 24 heavy (non-hydrogen) atoms. The standard InChI is InChI=1S/C19H20N2O2S/c1-13-9-10-14(2)16(12-13)23-11-5-8-18(22)21-19-20-15-6-3-4-7-17(15)24-19/h3-4,6-7,9-10,12H,5,8,11H2,1-2H3,(H,20,21,22). The van der Waals surface area contributed by atoms with Gasteiger partial charge in [0.25, 0.3) is 0 Å². The maximum atomic E-state index is 12.0. The van der Waals surface area contributed by atoms with Gasteiger partial charge in [0, 0.05) is 6.42 Å². The van der Waals surface area contributed by atoms with Crippen molar-refractivity contribution in [2.75, 3.05) is 11.9 Å². The molecule has 0 aliphatic carbocycles. The van der Waals surface area contributed by atoms with E-state index in [0.29, 0.717) is 24.6 Å². The summed E-state index contributed by atoms with van der Waals surface area (Å²) in [4.78, 5) is 16.4. The van der Waals surface area contributed by atoms with E-state index in [1.807, 2.05) is 50.2 Å². The lowest BCUT2D eigenvalue weighted by Gasteiger charge is -2.09. The molecule has 0 fully saturated rings. The number of benzene rings is 2. The van der Waals surface area contributed by atoms with Crippen molar-refractivity contribution in [1.82, 2.24) is 4.98 Å². The van der Waals surface area contributed by atoms with E-state index in [2.05, 4.69) is 16.4 Å². The molecule has 1 N–H and O–H groups in total. The van der Waals surface area contributed by atoms with Crippen molar-refractivity contribution >= 4 is 32.6 Å². The summed E-state index contributed by atoms with van der Waals surface area (Å²) in [7, 11) is 0. The summed E-state index contributed by atoms with van der Waals surface area (Å²) in [5.41, 5.74) is 3.19. The van der Waals surface area contributed by atoms with Gasteiger partial charge in [-0.2, -0.15) is 0 Å². The molecule has 0 aliphatic rings. The Labute approximate surface area is 145 Å². The van der Waals surface area contributed by atoms with E-state index >= 15 is 0 Å². The number of para-hydroxylation sites is 1. The van der Waals surface area contributed by atoms with E-state index in [4.69, 9.17) is 4.74 Å². The highest BCUT2D eigenvalue weighted by atomic mass is 32.1. The Morgan fingerprint density at radius 2 is 2.04 bits per heavy atom. The fourth-order valence-corrected chi connectivity index (χ4v) is 3.27. The predicted molar refractivity (Wildman–Crippen MR) is 98.9 cm³/mol. The van der Waals surface area contributed by atoms with Gasteiger partial charge in [-0.05, 0) is 49.6 Å². The Bertz CT molecular complexity index is 824. The third-order valence-corrected chi connectivity index (χ3v) is 4.64. The molecule has 0 atom stereocenters. The van der Waals surface area contributed by atoms with E-state index in [1.165, 1.54) is 16.9 Å². The summed E-state index contributed by atoms with van der Waals surface area (Å²) < 4.78 is 6.85. The molecule has 1 aromatic heterocycles. The van der Waals surface area contributed by atoms with E-state index in [0.717, 1.165) is 21.5 Å². The largest absolute Gasteiger partial charge is 0.493 e.